The summed E-state index contributed by atoms with van der Waals surface area (Å²) in [5.74, 6) is -1.48. The summed E-state index contributed by atoms with van der Waals surface area (Å²) >= 11 is 0. The molecule has 4 N–H and O–H groups in total. The summed E-state index contributed by atoms with van der Waals surface area (Å²) in [7, 11) is 0. The molecular formula is C14H14NNaO7. The number of carboxylic acid groups (broad SMARTS) is 1. The van der Waals surface area contributed by atoms with E-state index in [1.54, 1.807) is 6.07 Å². The summed E-state index contributed by atoms with van der Waals surface area (Å²) in [6, 6.07) is 8.93. The van der Waals surface area contributed by atoms with Gasteiger partial charge in [-0.2, -0.15) is 0 Å². The van der Waals surface area contributed by atoms with E-state index in [0.29, 0.717) is 0 Å². The van der Waals surface area contributed by atoms with Crippen LogP contribution in [0.4, 0.5) is 0 Å². The number of aromatic nitrogens is 1. The largest absolute Gasteiger partial charge is 1.00 e. The third-order valence-corrected chi connectivity index (χ3v) is 3.55. The number of carbonyl (C=O) groups is 1. The smallest absolute Gasteiger partial charge is 0.547 e. The van der Waals surface area contributed by atoms with Gasteiger partial charge in [0, 0.05) is 17.0 Å². The number of ether oxygens (including phenoxy) is 2. The van der Waals surface area contributed by atoms with E-state index >= 15 is 0 Å². The first-order valence-electron chi connectivity index (χ1n) is 6.62. The Morgan fingerprint density at radius 3 is 2.52 bits per heavy atom. The van der Waals surface area contributed by atoms with Gasteiger partial charge in [0.1, 0.15) is 24.4 Å². The van der Waals surface area contributed by atoms with Crippen LogP contribution in [0.25, 0.3) is 10.9 Å². The van der Waals surface area contributed by atoms with Crippen molar-refractivity contribution in [2.24, 2.45) is 0 Å². The Balaban J connectivity index is 0.00000192. The average molecular weight is 331 g/mol. The van der Waals surface area contributed by atoms with Crippen LogP contribution in [0.3, 0.4) is 0 Å². The molecule has 5 atom stereocenters. The molecular weight excluding hydrogens is 317 g/mol. The molecule has 0 bridgehead atoms. The molecule has 0 amide bonds. The molecule has 1 aliphatic rings. The minimum absolute atomic E-state index is 0. The molecule has 0 radical (unpaired) electrons. The predicted octanol–water partition coefficient (Wildman–Crippen LogP) is -4.89. The Kier molecular flexibility index (Phi) is 5.69. The van der Waals surface area contributed by atoms with E-state index in [4.69, 9.17) is 9.47 Å². The van der Waals surface area contributed by atoms with Crippen LogP contribution < -0.4 is 39.4 Å². The van der Waals surface area contributed by atoms with Crippen LogP contribution in [0.15, 0.2) is 30.3 Å². The Labute approximate surface area is 152 Å². The predicted molar refractivity (Wildman–Crippen MR) is 70.6 cm³/mol. The number of aromatic amines is 1. The van der Waals surface area contributed by atoms with Crippen LogP contribution in [0.5, 0.6) is 5.88 Å². The minimum Gasteiger partial charge on any atom is -0.547 e. The van der Waals surface area contributed by atoms with Gasteiger partial charge >= 0.3 is 29.6 Å². The Morgan fingerprint density at radius 1 is 1.17 bits per heavy atom. The molecule has 3 rings (SSSR count). The van der Waals surface area contributed by atoms with Gasteiger partial charge in [-0.05, 0) is 6.07 Å². The molecule has 1 aromatic heterocycles. The van der Waals surface area contributed by atoms with Gasteiger partial charge in [-0.15, -0.1) is 0 Å². The fraction of sp³-hybridized carbons (Fsp3) is 0.357. The average Bonchev–Trinajstić information content (AvgIpc) is 2.89. The van der Waals surface area contributed by atoms with Crippen LogP contribution in [0.1, 0.15) is 0 Å². The zero-order valence-corrected chi connectivity index (χ0v) is 14.2. The molecule has 0 spiro atoms. The minimum atomic E-state index is -1.80. The van der Waals surface area contributed by atoms with Gasteiger partial charge in [0.15, 0.2) is 5.88 Å². The van der Waals surface area contributed by atoms with Crippen LogP contribution in [0, 0.1) is 0 Å². The van der Waals surface area contributed by atoms with Crippen molar-refractivity contribution in [3.63, 3.8) is 0 Å². The van der Waals surface area contributed by atoms with Gasteiger partial charge in [0.25, 0.3) is 0 Å². The third kappa shape index (κ3) is 3.53. The van der Waals surface area contributed by atoms with Crippen LogP contribution in [-0.2, 0) is 9.53 Å². The van der Waals surface area contributed by atoms with Crippen molar-refractivity contribution in [1.29, 1.82) is 0 Å². The topological polar surface area (TPSA) is 135 Å². The monoisotopic (exact) mass is 331 g/mol. The number of rotatable bonds is 3. The first-order chi connectivity index (χ1) is 10.5. The first kappa shape index (κ1) is 18.2. The fourth-order valence-electron chi connectivity index (χ4n) is 2.38. The van der Waals surface area contributed by atoms with Crippen LogP contribution in [0.2, 0.25) is 0 Å². The number of para-hydroxylation sites is 1. The second-order valence-corrected chi connectivity index (χ2v) is 5.05. The van der Waals surface area contributed by atoms with Crippen LogP contribution in [-0.4, -0.2) is 57.0 Å². The number of hydrogen-bond acceptors (Lipinski definition) is 7. The first-order valence-corrected chi connectivity index (χ1v) is 6.62. The maximum atomic E-state index is 10.9. The van der Waals surface area contributed by atoms with E-state index in [-0.39, 0.29) is 35.4 Å². The SMILES string of the molecule is O=C([O-])[C@H]1O[C@@H](Oc2cc3ccccc3[nH]2)[C@H](O)[C@@H](O)[C@@H]1O.[Na+]. The van der Waals surface area contributed by atoms with E-state index in [1.165, 1.54) is 0 Å². The van der Waals surface area contributed by atoms with Gasteiger partial charge in [-0.25, -0.2) is 0 Å². The number of aliphatic carboxylic acids is 1. The van der Waals surface area contributed by atoms with Crippen molar-refractivity contribution >= 4 is 16.9 Å². The summed E-state index contributed by atoms with van der Waals surface area (Å²) in [5.41, 5.74) is 0.778. The normalized spacial score (nSPS) is 30.7. The molecule has 9 heteroatoms. The Morgan fingerprint density at radius 2 is 1.87 bits per heavy atom. The number of hydrogen-bond donors (Lipinski definition) is 4. The van der Waals surface area contributed by atoms with Gasteiger partial charge in [-0.1, -0.05) is 18.2 Å². The maximum absolute atomic E-state index is 10.9. The third-order valence-electron chi connectivity index (χ3n) is 3.55. The van der Waals surface area contributed by atoms with Crippen LogP contribution >= 0.6 is 0 Å². The summed E-state index contributed by atoms with van der Waals surface area (Å²) in [5, 5.41) is 40.9. The molecule has 1 fully saturated rings. The standard InChI is InChI=1S/C14H15NO7.Na/c16-9-10(17)12(13(19)20)22-14(11(9)18)21-8-5-6-3-1-2-4-7(6)15-8;/h1-5,9-12,14-18H,(H,19,20);/q;+1/p-1/t9-,10-,11+,12-,14+;/m0./s1. The van der Waals surface area contributed by atoms with Crippen molar-refractivity contribution < 1.29 is 64.3 Å². The molecule has 1 saturated heterocycles. The number of aliphatic hydroxyl groups excluding tert-OH is 3. The molecule has 118 valence electrons. The number of fused-ring (bicyclic) bond motifs is 1. The number of aliphatic hydroxyl groups is 3. The van der Waals surface area contributed by atoms with Gasteiger partial charge in [0.2, 0.25) is 6.29 Å². The van der Waals surface area contributed by atoms with E-state index in [2.05, 4.69) is 4.98 Å². The summed E-state index contributed by atoms with van der Waals surface area (Å²) in [4.78, 5) is 13.8. The Bertz CT molecular complexity index is 658. The molecule has 1 aromatic carbocycles. The molecule has 8 nitrogen and oxygen atoms in total. The number of H-pyrrole nitrogens is 1. The Hall–Kier alpha value is -1.13. The summed E-state index contributed by atoms with van der Waals surface area (Å²) < 4.78 is 10.3. The van der Waals surface area contributed by atoms with Crippen molar-refractivity contribution in [2.75, 3.05) is 0 Å². The van der Waals surface area contributed by atoms with Gasteiger partial charge in [-0.3, -0.25) is 0 Å². The van der Waals surface area contributed by atoms with Crippen molar-refractivity contribution in [1.82, 2.24) is 4.98 Å². The molecule has 2 heterocycles. The maximum Gasteiger partial charge on any atom is 1.00 e. The zero-order valence-electron chi connectivity index (χ0n) is 12.2. The van der Waals surface area contributed by atoms with E-state index in [1.807, 2.05) is 24.3 Å². The van der Waals surface area contributed by atoms with Gasteiger partial charge < -0.3 is 39.7 Å². The quantitative estimate of drug-likeness (QED) is 0.414. The molecule has 1 aliphatic heterocycles. The molecule has 0 saturated carbocycles. The van der Waals surface area contributed by atoms with Crippen molar-refractivity contribution in [2.45, 2.75) is 30.7 Å². The number of nitrogens with one attached hydrogen (secondary N) is 1. The number of benzene rings is 1. The van der Waals surface area contributed by atoms with Gasteiger partial charge in [0.05, 0.1) is 5.97 Å². The van der Waals surface area contributed by atoms with E-state index in [0.717, 1.165) is 10.9 Å². The number of carboxylic acids is 1. The molecule has 2 aromatic rings. The second-order valence-electron chi connectivity index (χ2n) is 5.05. The van der Waals surface area contributed by atoms with E-state index in [9.17, 15) is 25.2 Å². The molecule has 0 aliphatic carbocycles. The number of carbonyl (C=O) groups excluding carboxylic acids is 1. The molecule has 0 unspecified atom stereocenters. The zero-order chi connectivity index (χ0) is 15.9. The van der Waals surface area contributed by atoms with Crippen molar-refractivity contribution in [3.8, 4) is 5.88 Å². The molecule has 23 heavy (non-hydrogen) atoms. The van der Waals surface area contributed by atoms with E-state index < -0.39 is 36.7 Å². The van der Waals surface area contributed by atoms with Crippen molar-refractivity contribution in [3.05, 3.63) is 30.3 Å². The fourth-order valence-corrected chi connectivity index (χ4v) is 2.38. The second kappa shape index (κ2) is 7.18. The summed E-state index contributed by atoms with van der Waals surface area (Å²) in [6.45, 7) is 0. The summed E-state index contributed by atoms with van der Waals surface area (Å²) in [6.07, 6.45) is -8.41.